The second kappa shape index (κ2) is 4.34. The molecule has 2 unspecified atom stereocenters. The van der Waals surface area contributed by atoms with Crippen molar-refractivity contribution < 1.29 is 20.1 Å². The molecule has 1 rings (SSSR count). The molecule has 5 nitrogen and oxygen atoms in total. The third-order valence-electron chi connectivity index (χ3n) is 2.39. The van der Waals surface area contributed by atoms with Crippen molar-refractivity contribution in [3.05, 3.63) is 0 Å². The zero-order valence-corrected chi connectivity index (χ0v) is 7.92. The Morgan fingerprint density at radius 2 is 2.00 bits per heavy atom. The second-order valence-electron chi connectivity index (χ2n) is 3.59. The Morgan fingerprint density at radius 3 is 2.46 bits per heavy atom. The highest BCUT2D eigenvalue weighted by atomic mass is 16.6. The highest BCUT2D eigenvalue weighted by Crippen LogP contribution is 2.21. The fraction of sp³-hybridized carbons (Fsp3) is 1.00. The van der Waals surface area contributed by atoms with E-state index in [2.05, 4.69) is 0 Å². The average molecular weight is 191 g/mol. The van der Waals surface area contributed by atoms with Gasteiger partial charge in [-0.05, 0) is 20.5 Å². The van der Waals surface area contributed by atoms with Gasteiger partial charge in [-0.25, -0.2) is 0 Å². The minimum Gasteiger partial charge on any atom is -0.394 e. The van der Waals surface area contributed by atoms with E-state index in [1.807, 2.05) is 19.0 Å². The molecule has 1 saturated heterocycles. The lowest BCUT2D eigenvalue weighted by Crippen LogP contribution is -2.54. The Labute approximate surface area is 77.5 Å². The Balaban J connectivity index is 2.60. The fourth-order valence-corrected chi connectivity index (χ4v) is 1.57. The van der Waals surface area contributed by atoms with E-state index in [1.165, 1.54) is 0 Å². The predicted molar refractivity (Wildman–Crippen MR) is 46.1 cm³/mol. The molecular weight excluding hydrogens is 174 g/mol. The molecule has 0 saturated carbocycles. The quantitative estimate of drug-likeness (QED) is 0.489. The van der Waals surface area contributed by atoms with Crippen LogP contribution in [-0.4, -0.2) is 65.5 Å². The van der Waals surface area contributed by atoms with Crippen LogP contribution in [0, 0.1) is 0 Å². The van der Waals surface area contributed by atoms with Gasteiger partial charge >= 0.3 is 0 Å². The molecule has 4 atom stereocenters. The maximum absolute atomic E-state index is 9.52. The van der Waals surface area contributed by atoms with Crippen molar-refractivity contribution in [1.82, 2.24) is 4.90 Å². The van der Waals surface area contributed by atoms with E-state index in [0.29, 0.717) is 6.42 Å². The number of aliphatic hydroxyl groups excluding tert-OH is 3. The number of nitrogens with zero attached hydrogens (tertiary/aromatic N) is 1. The molecule has 5 heteroatoms. The molecule has 0 spiro atoms. The van der Waals surface area contributed by atoms with Crippen molar-refractivity contribution in [2.45, 2.75) is 31.0 Å². The topological polar surface area (TPSA) is 73.2 Å². The van der Waals surface area contributed by atoms with Gasteiger partial charge in [0.1, 0.15) is 6.10 Å². The molecule has 0 aromatic rings. The van der Waals surface area contributed by atoms with Gasteiger partial charge < -0.3 is 25.0 Å². The molecule has 1 heterocycles. The van der Waals surface area contributed by atoms with Crippen LogP contribution in [0.3, 0.4) is 0 Å². The van der Waals surface area contributed by atoms with Crippen molar-refractivity contribution in [3.8, 4) is 0 Å². The maximum Gasteiger partial charge on any atom is 0.182 e. The van der Waals surface area contributed by atoms with Crippen molar-refractivity contribution in [2.24, 2.45) is 0 Å². The summed E-state index contributed by atoms with van der Waals surface area (Å²) in [5.74, 6) is 0. The molecule has 0 aromatic carbocycles. The summed E-state index contributed by atoms with van der Waals surface area (Å²) < 4.78 is 4.96. The highest BCUT2D eigenvalue weighted by Gasteiger charge is 2.37. The largest absolute Gasteiger partial charge is 0.394 e. The van der Waals surface area contributed by atoms with E-state index in [9.17, 15) is 10.2 Å². The van der Waals surface area contributed by atoms with Gasteiger partial charge in [-0.2, -0.15) is 0 Å². The summed E-state index contributed by atoms with van der Waals surface area (Å²) in [6, 6.07) is -0.166. The van der Waals surface area contributed by atoms with Crippen LogP contribution in [0.15, 0.2) is 0 Å². The molecule has 0 aliphatic carbocycles. The Hall–Kier alpha value is -0.200. The summed E-state index contributed by atoms with van der Waals surface area (Å²) >= 11 is 0. The minimum absolute atomic E-state index is 0.131. The molecule has 0 bridgehead atoms. The SMILES string of the molecule is CN(C)C1C[C@@H](CO)O[C@@H](O)C1O. The molecule has 3 N–H and O–H groups in total. The summed E-state index contributed by atoms with van der Waals surface area (Å²) in [7, 11) is 3.64. The van der Waals surface area contributed by atoms with Crippen LogP contribution in [0.25, 0.3) is 0 Å². The first kappa shape index (κ1) is 10.9. The Bertz CT molecular complexity index is 164. The van der Waals surface area contributed by atoms with Crippen LogP contribution < -0.4 is 0 Å². The van der Waals surface area contributed by atoms with Crippen LogP contribution in [-0.2, 0) is 4.74 Å². The van der Waals surface area contributed by atoms with Gasteiger partial charge in [-0.15, -0.1) is 0 Å². The van der Waals surface area contributed by atoms with E-state index < -0.39 is 12.4 Å². The van der Waals surface area contributed by atoms with E-state index >= 15 is 0 Å². The van der Waals surface area contributed by atoms with Gasteiger partial charge in [0.25, 0.3) is 0 Å². The molecule has 1 aliphatic rings. The van der Waals surface area contributed by atoms with Crippen molar-refractivity contribution >= 4 is 0 Å². The first-order chi connectivity index (χ1) is 6.06. The summed E-state index contributed by atoms with van der Waals surface area (Å²) in [5.41, 5.74) is 0. The number of likely N-dealkylation sites (N-methyl/N-ethyl adjacent to an activating group) is 1. The molecule has 78 valence electrons. The third kappa shape index (κ3) is 2.38. The zero-order valence-electron chi connectivity index (χ0n) is 7.92. The monoisotopic (exact) mass is 191 g/mol. The smallest absolute Gasteiger partial charge is 0.182 e. The first-order valence-corrected chi connectivity index (χ1v) is 4.35. The summed E-state index contributed by atoms with van der Waals surface area (Å²) in [6.07, 6.45) is -1.95. The summed E-state index contributed by atoms with van der Waals surface area (Å²) in [5, 5.41) is 27.7. The predicted octanol–water partition coefficient (Wildman–Crippen LogP) is -1.62. The van der Waals surface area contributed by atoms with Crippen LogP contribution in [0.4, 0.5) is 0 Å². The number of hydrogen-bond acceptors (Lipinski definition) is 5. The van der Waals surface area contributed by atoms with Gasteiger partial charge in [-0.3, -0.25) is 0 Å². The lowest BCUT2D eigenvalue weighted by atomic mass is 9.99. The molecule has 0 aromatic heterocycles. The second-order valence-corrected chi connectivity index (χ2v) is 3.59. The number of aliphatic hydroxyl groups is 3. The Morgan fingerprint density at radius 1 is 1.38 bits per heavy atom. The number of rotatable bonds is 2. The average Bonchev–Trinajstić information content (AvgIpc) is 2.09. The van der Waals surface area contributed by atoms with Gasteiger partial charge in [-0.1, -0.05) is 0 Å². The van der Waals surface area contributed by atoms with Gasteiger partial charge in [0.05, 0.1) is 12.7 Å². The lowest BCUT2D eigenvalue weighted by Gasteiger charge is -2.39. The van der Waals surface area contributed by atoms with Crippen molar-refractivity contribution in [2.75, 3.05) is 20.7 Å². The summed E-state index contributed by atoms with van der Waals surface area (Å²) in [6.45, 7) is -0.131. The van der Waals surface area contributed by atoms with E-state index in [-0.39, 0.29) is 18.8 Å². The van der Waals surface area contributed by atoms with Crippen LogP contribution in [0.5, 0.6) is 0 Å². The number of ether oxygens (including phenoxy) is 1. The molecule has 1 fully saturated rings. The molecule has 0 amide bonds. The minimum atomic E-state index is -1.20. The van der Waals surface area contributed by atoms with Gasteiger partial charge in [0.15, 0.2) is 6.29 Å². The molecular formula is C8H17NO4. The molecule has 0 radical (unpaired) electrons. The van der Waals surface area contributed by atoms with E-state index in [4.69, 9.17) is 9.84 Å². The summed E-state index contributed by atoms with van der Waals surface area (Å²) in [4.78, 5) is 1.82. The maximum atomic E-state index is 9.52. The van der Waals surface area contributed by atoms with Crippen LogP contribution in [0.1, 0.15) is 6.42 Å². The highest BCUT2D eigenvalue weighted by molar-refractivity contribution is 4.85. The van der Waals surface area contributed by atoms with E-state index in [1.54, 1.807) is 0 Å². The third-order valence-corrected chi connectivity index (χ3v) is 2.39. The molecule has 13 heavy (non-hydrogen) atoms. The van der Waals surface area contributed by atoms with Crippen molar-refractivity contribution in [1.29, 1.82) is 0 Å². The lowest BCUT2D eigenvalue weighted by molar-refractivity contribution is -0.239. The Kier molecular flexibility index (Phi) is 3.63. The van der Waals surface area contributed by atoms with Crippen LogP contribution >= 0.6 is 0 Å². The number of hydrogen-bond donors (Lipinski definition) is 3. The van der Waals surface area contributed by atoms with Gasteiger partial charge in [0, 0.05) is 6.04 Å². The van der Waals surface area contributed by atoms with Crippen LogP contribution in [0.2, 0.25) is 0 Å². The standard InChI is InChI=1S/C8H17NO4/c1-9(2)6-3-5(4-10)13-8(12)7(6)11/h5-8,10-12H,3-4H2,1-2H3/t5-,6?,7?,8+/m0/s1. The van der Waals surface area contributed by atoms with Gasteiger partial charge in [0.2, 0.25) is 0 Å². The molecule has 1 aliphatic heterocycles. The van der Waals surface area contributed by atoms with E-state index in [0.717, 1.165) is 0 Å². The van der Waals surface area contributed by atoms with Crippen molar-refractivity contribution in [3.63, 3.8) is 0 Å². The fourth-order valence-electron chi connectivity index (χ4n) is 1.57. The zero-order chi connectivity index (χ0) is 10.0. The first-order valence-electron chi connectivity index (χ1n) is 4.35. The normalized spacial score (nSPS) is 41.1.